The lowest BCUT2D eigenvalue weighted by molar-refractivity contribution is -0.127. The number of fused-ring (bicyclic) bond motifs is 1. The number of rotatable bonds is 6. The number of halogens is 1. The minimum absolute atomic E-state index is 0.0124. The Morgan fingerprint density at radius 1 is 1.06 bits per heavy atom. The van der Waals surface area contributed by atoms with Crippen LogP contribution in [-0.4, -0.2) is 28.9 Å². The second kappa shape index (κ2) is 9.55. The third-order valence-electron chi connectivity index (χ3n) is 6.29. The van der Waals surface area contributed by atoms with Gasteiger partial charge in [0.25, 0.3) is 0 Å². The van der Waals surface area contributed by atoms with Crippen LogP contribution in [0.15, 0.2) is 83.4 Å². The van der Waals surface area contributed by atoms with E-state index in [0.717, 1.165) is 60.5 Å². The van der Waals surface area contributed by atoms with E-state index in [4.69, 9.17) is 4.42 Å². The maximum Gasteiger partial charge on any atom is 0.224 e. The van der Waals surface area contributed by atoms with Gasteiger partial charge in [0.05, 0.1) is 18.3 Å². The number of nitrogens with zero attached hydrogens (tertiary/aromatic N) is 2. The topological polar surface area (TPSA) is 58.4 Å². The molecule has 5 rings (SSSR count). The van der Waals surface area contributed by atoms with E-state index in [1.807, 2.05) is 36.4 Å². The fourth-order valence-corrected chi connectivity index (χ4v) is 4.48. The van der Waals surface area contributed by atoms with E-state index in [-0.39, 0.29) is 17.6 Å². The predicted molar refractivity (Wildman–Crippen MR) is 125 cm³/mol. The summed E-state index contributed by atoms with van der Waals surface area (Å²) in [5, 5.41) is 4.27. The maximum atomic E-state index is 13.4. The molecule has 1 atom stereocenters. The number of carbonyl (C=O) groups is 1. The minimum atomic E-state index is -0.409. The number of aromatic nitrogens is 1. The molecule has 1 fully saturated rings. The molecule has 0 bridgehead atoms. The molecular weight excluding hydrogens is 417 g/mol. The van der Waals surface area contributed by atoms with Crippen LogP contribution in [-0.2, 0) is 11.3 Å². The van der Waals surface area contributed by atoms with Gasteiger partial charge in [-0.3, -0.25) is 14.7 Å². The largest absolute Gasteiger partial charge is 0.460 e. The fourth-order valence-electron chi connectivity index (χ4n) is 4.48. The molecule has 1 aliphatic heterocycles. The van der Waals surface area contributed by atoms with Gasteiger partial charge in [-0.15, -0.1) is 0 Å². The molecule has 0 saturated carbocycles. The highest BCUT2D eigenvalue weighted by Gasteiger charge is 2.28. The Labute approximate surface area is 192 Å². The monoisotopic (exact) mass is 443 g/mol. The van der Waals surface area contributed by atoms with Crippen LogP contribution in [0.4, 0.5) is 4.39 Å². The third-order valence-corrected chi connectivity index (χ3v) is 6.29. The van der Waals surface area contributed by atoms with Gasteiger partial charge >= 0.3 is 0 Å². The van der Waals surface area contributed by atoms with Crippen molar-refractivity contribution in [1.82, 2.24) is 15.2 Å². The van der Waals surface area contributed by atoms with E-state index in [9.17, 15) is 9.18 Å². The molecule has 2 aromatic heterocycles. The van der Waals surface area contributed by atoms with Gasteiger partial charge < -0.3 is 9.73 Å². The first-order chi connectivity index (χ1) is 16.2. The molecule has 5 nitrogen and oxygen atoms in total. The van der Waals surface area contributed by atoms with E-state index in [1.54, 1.807) is 18.3 Å². The second-order valence-electron chi connectivity index (χ2n) is 8.55. The lowest BCUT2D eigenvalue weighted by Gasteiger charge is -2.31. The fraction of sp³-hybridized carbons (Fsp3) is 0.259. The highest BCUT2D eigenvalue weighted by Crippen LogP contribution is 2.26. The van der Waals surface area contributed by atoms with Gasteiger partial charge in [0.1, 0.15) is 17.2 Å². The Morgan fingerprint density at radius 3 is 2.55 bits per heavy atom. The van der Waals surface area contributed by atoms with Crippen LogP contribution in [0.3, 0.4) is 0 Å². The third kappa shape index (κ3) is 4.96. The number of benzene rings is 2. The second-order valence-corrected chi connectivity index (χ2v) is 8.55. The van der Waals surface area contributed by atoms with Crippen LogP contribution in [0.25, 0.3) is 11.0 Å². The Kier molecular flexibility index (Phi) is 6.17. The molecule has 2 aromatic carbocycles. The minimum Gasteiger partial charge on any atom is -0.460 e. The SMILES string of the molecule is O=C(NC(c1ccc(F)cc1)c1ccccn1)C1CCN(Cc2cc3ccccc3o2)CC1. The van der Waals surface area contributed by atoms with E-state index in [2.05, 4.69) is 27.3 Å². The van der Waals surface area contributed by atoms with Crippen molar-refractivity contribution in [3.8, 4) is 0 Å². The Morgan fingerprint density at radius 2 is 1.82 bits per heavy atom. The normalized spacial score (nSPS) is 16.0. The van der Waals surface area contributed by atoms with E-state index in [0.29, 0.717) is 0 Å². The molecule has 4 aromatic rings. The smallest absolute Gasteiger partial charge is 0.224 e. The van der Waals surface area contributed by atoms with Gasteiger partial charge in [-0.05, 0) is 67.9 Å². The molecule has 1 N–H and O–H groups in total. The summed E-state index contributed by atoms with van der Waals surface area (Å²) in [7, 11) is 0. The number of para-hydroxylation sites is 1. The first-order valence-corrected chi connectivity index (χ1v) is 11.3. The highest BCUT2D eigenvalue weighted by molar-refractivity contribution is 5.79. The first kappa shape index (κ1) is 21.3. The van der Waals surface area contributed by atoms with Gasteiger partial charge in [0.2, 0.25) is 5.91 Å². The molecule has 168 valence electrons. The van der Waals surface area contributed by atoms with Gasteiger partial charge in [-0.2, -0.15) is 0 Å². The first-order valence-electron chi connectivity index (χ1n) is 11.3. The molecule has 1 saturated heterocycles. The Hall–Kier alpha value is -3.51. The zero-order valence-corrected chi connectivity index (χ0v) is 18.3. The van der Waals surface area contributed by atoms with Crippen LogP contribution in [0.2, 0.25) is 0 Å². The number of pyridine rings is 1. The van der Waals surface area contributed by atoms with Crippen molar-refractivity contribution in [2.45, 2.75) is 25.4 Å². The van der Waals surface area contributed by atoms with Crippen molar-refractivity contribution in [1.29, 1.82) is 0 Å². The molecule has 1 amide bonds. The number of likely N-dealkylation sites (tertiary alicyclic amines) is 1. The van der Waals surface area contributed by atoms with Gasteiger partial charge in [0.15, 0.2) is 0 Å². The molecule has 0 aliphatic carbocycles. The summed E-state index contributed by atoms with van der Waals surface area (Å²) in [6, 6.07) is 21.5. The van der Waals surface area contributed by atoms with Crippen LogP contribution >= 0.6 is 0 Å². The molecule has 1 aliphatic rings. The van der Waals surface area contributed by atoms with Crippen molar-refractivity contribution >= 4 is 16.9 Å². The Balaban J connectivity index is 1.22. The van der Waals surface area contributed by atoms with Crippen molar-refractivity contribution in [2.75, 3.05) is 13.1 Å². The quantitative estimate of drug-likeness (QED) is 0.451. The van der Waals surface area contributed by atoms with Crippen LogP contribution < -0.4 is 5.32 Å². The standard InChI is InChI=1S/C27H26FN3O2/c28-22-10-8-19(9-11-22)26(24-6-3-4-14-29-24)30-27(32)20-12-15-31(16-13-20)18-23-17-21-5-1-2-7-25(21)33-23/h1-11,14,17,20,26H,12-13,15-16,18H2,(H,30,32). The summed E-state index contributed by atoms with van der Waals surface area (Å²) < 4.78 is 19.4. The molecule has 1 unspecified atom stereocenters. The number of nitrogens with one attached hydrogen (secondary N) is 1. The van der Waals surface area contributed by atoms with Gasteiger partial charge in [0, 0.05) is 17.5 Å². The van der Waals surface area contributed by atoms with E-state index >= 15 is 0 Å². The maximum absolute atomic E-state index is 13.4. The predicted octanol–water partition coefficient (Wildman–Crippen LogP) is 5.08. The highest BCUT2D eigenvalue weighted by atomic mass is 19.1. The number of amides is 1. The molecule has 3 heterocycles. The van der Waals surface area contributed by atoms with Gasteiger partial charge in [-0.1, -0.05) is 36.4 Å². The Bertz CT molecular complexity index is 1180. The summed E-state index contributed by atoms with van der Waals surface area (Å²) in [6.45, 7) is 2.41. The van der Waals surface area contributed by atoms with Crippen molar-refractivity contribution in [3.05, 3.63) is 102 Å². The van der Waals surface area contributed by atoms with Gasteiger partial charge in [-0.25, -0.2) is 4.39 Å². The zero-order chi connectivity index (χ0) is 22.6. The summed E-state index contributed by atoms with van der Waals surface area (Å²) >= 11 is 0. The van der Waals surface area contributed by atoms with Crippen molar-refractivity contribution in [3.63, 3.8) is 0 Å². The average molecular weight is 444 g/mol. The lowest BCUT2D eigenvalue weighted by Crippen LogP contribution is -2.41. The molecule has 33 heavy (non-hydrogen) atoms. The van der Waals surface area contributed by atoms with Crippen LogP contribution in [0.1, 0.15) is 35.9 Å². The summed E-state index contributed by atoms with van der Waals surface area (Å²) in [6.07, 6.45) is 3.27. The number of hydrogen-bond acceptors (Lipinski definition) is 4. The molecular formula is C27H26FN3O2. The van der Waals surface area contributed by atoms with Crippen molar-refractivity contribution < 1.29 is 13.6 Å². The molecule has 0 spiro atoms. The van der Waals surface area contributed by atoms with E-state index < -0.39 is 6.04 Å². The summed E-state index contributed by atoms with van der Waals surface area (Å²) in [4.78, 5) is 19.9. The van der Waals surface area contributed by atoms with Crippen molar-refractivity contribution in [2.24, 2.45) is 5.92 Å². The number of furan rings is 1. The zero-order valence-electron chi connectivity index (χ0n) is 18.3. The molecule has 0 radical (unpaired) electrons. The van der Waals surface area contributed by atoms with Crippen LogP contribution in [0, 0.1) is 11.7 Å². The number of hydrogen-bond donors (Lipinski definition) is 1. The summed E-state index contributed by atoms with van der Waals surface area (Å²) in [5.74, 6) is 0.592. The lowest BCUT2D eigenvalue weighted by atomic mass is 9.94. The summed E-state index contributed by atoms with van der Waals surface area (Å²) in [5.41, 5.74) is 2.45. The number of piperidine rings is 1. The number of carbonyl (C=O) groups excluding carboxylic acids is 1. The van der Waals surface area contributed by atoms with Crippen LogP contribution in [0.5, 0.6) is 0 Å². The average Bonchev–Trinajstić information content (AvgIpc) is 3.26. The van der Waals surface area contributed by atoms with E-state index in [1.165, 1.54) is 12.1 Å². The molecule has 6 heteroatoms.